The lowest BCUT2D eigenvalue weighted by molar-refractivity contribution is 0.619. The number of allylic oxidation sites excluding steroid dienone is 4. The van der Waals surface area contributed by atoms with Crippen LogP contribution in [0, 0.1) is 12.8 Å². The maximum absolute atomic E-state index is 4.30. The van der Waals surface area contributed by atoms with E-state index < -0.39 is 0 Å². The molecule has 0 aliphatic heterocycles. The summed E-state index contributed by atoms with van der Waals surface area (Å²) in [5.74, 6) is 1.74. The van der Waals surface area contributed by atoms with Gasteiger partial charge in [-0.3, -0.25) is 0 Å². The van der Waals surface area contributed by atoms with Crippen molar-refractivity contribution in [2.75, 3.05) is 0 Å². The molecule has 0 bridgehead atoms. The van der Waals surface area contributed by atoms with Gasteiger partial charge in [0.05, 0.1) is 0 Å². The Bertz CT molecular complexity index is 372. The van der Waals surface area contributed by atoms with Gasteiger partial charge in [0.25, 0.3) is 0 Å². The smallest absolute Gasteiger partial charge is 0.105 e. The largest absolute Gasteiger partial charge is 0.335 e. The maximum atomic E-state index is 4.30. The summed E-state index contributed by atoms with van der Waals surface area (Å²) in [6, 6.07) is 0. The summed E-state index contributed by atoms with van der Waals surface area (Å²) in [6.07, 6.45) is 13.0. The van der Waals surface area contributed by atoms with E-state index in [2.05, 4.69) is 40.9 Å². The molecule has 2 nitrogen and oxygen atoms in total. The Hall–Kier alpha value is -1.31. The van der Waals surface area contributed by atoms with Gasteiger partial charge >= 0.3 is 0 Å². The molecule has 0 aromatic carbocycles. The van der Waals surface area contributed by atoms with E-state index in [1.54, 1.807) is 0 Å². The van der Waals surface area contributed by atoms with Crippen molar-refractivity contribution in [3.63, 3.8) is 0 Å². The molecule has 0 radical (unpaired) electrons. The summed E-state index contributed by atoms with van der Waals surface area (Å²) in [4.78, 5) is 4.30. The molecular formula is C12H16N2. The van der Waals surface area contributed by atoms with Gasteiger partial charge in [-0.25, -0.2) is 4.98 Å². The van der Waals surface area contributed by atoms with E-state index in [0.29, 0.717) is 5.92 Å². The van der Waals surface area contributed by atoms with Gasteiger partial charge in [-0.2, -0.15) is 0 Å². The molecule has 2 heteroatoms. The topological polar surface area (TPSA) is 17.8 Å². The Morgan fingerprint density at radius 1 is 1.50 bits per heavy atom. The molecule has 0 saturated heterocycles. The molecule has 1 unspecified atom stereocenters. The average Bonchev–Trinajstić information content (AvgIpc) is 2.52. The number of imidazole rings is 1. The number of aryl methyl sites for hydroxylation is 1. The molecule has 0 spiro atoms. The van der Waals surface area contributed by atoms with Crippen LogP contribution in [0.25, 0.3) is 0 Å². The lowest BCUT2D eigenvalue weighted by Gasteiger charge is -2.13. The van der Waals surface area contributed by atoms with Crippen molar-refractivity contribution < 1.29 is 0 Å². The average molecular weight is 188 g/mol. The van der Waals surface area contributed by atoms with E-state index in [9.17, 15) is 0 Å². The molecule has 2 rings (SSSR count). The highest BCUT2D eigenvalue weighted by atomic mass is 15.0. The monoisotopic (exact) mass is 188 g/mol. The molecule has 0 fully saturated rings. The fourth-order valence-electron chi connectivity index (χ4n) is 1.79. The van der Waals surface area contributed by atoms with Crippen molar-refractivity contribution in [1.29, 1.82) is 0 Å². The molecule has 0 saturated carbocycles. The first-order valence-electron chi connectivity index (χ1n) is 5.08. The first-order valence-corrected chi connectivity index (χ1v) is 5.08. The zero-order valence-corrected chi connectivity index (χ0v) is 8.77. The lowest BCUT2D eigenvalue weighted by atomic mass is 9.96. The molecule has 1 aliphatic rings. The SMILES string of the molecule is Cc1ncc(CC2C=CC=CC2)n1C. The van der Waals surface area contributed by atoms with Crippen molar-refractivity contribution in [1.82, 2.24) is 9.55 Å². The first-order chi connectivity index (χ1) is 6.77. The summed E-state index contributed by atoms with van der Waals surface area (Å²) in [5, 5.41) is 0. The molecule has 14 heavy (non-hydrogen) atoms. The second kappa shape index (κ2) is 3.82. The van der Waals surface area contributed by atoms with Gasteiger partial charge in [-0.15, -0.1) is 0 Å². The summed E-state index contributed by atoms with van der Waals surface area (Å²) in [7, 11) is 2.08. The molecule has 74 valence electrons. The Morgan fingerprint density at radius 2 is 2.36 bits per heavy atom. The minimum absolute atomic E-state index is 0.648. The van der Waals surface area contributed by atoms with Gasteiger partial charge in [0, 0.05) is 18.9 Å². The Kier molecular flexibility index (Phi) is 2.53. The molecule has 1 aliphatic carbocycles. The first kappa shape index (κ1) is 9.25. The third-order valence-electron chi connectivity index (χ3n) is 2.86. The number of hydrogen-bond donors (Lipinski definition) is 0. The van der Waals surface area contributed by atoms with E-state index in [-0.39, 0.29) is 0 Å². The van der Waals surface area contributed by atoms with Crippen molar-refractivity contribution in [2.45, 2.75) is 19.8 Å². The summed E-state index contributed by atoms with van der Waals surface area (Å²) < 4.78 is 2.17. The van der Waals surface area contributed by atoms with Crippen LogP contribution in [0.5, 0.6) is 0 Å². The van der Waals surface area contributed by atoms with Gasteiger partial charge in [-0.05, 0) is 25.7 Å². The molecule has 1 aromatic rings. The molecule has 0 amide bonds. The zero-order chi connectivity index (χ0) is 9.97. The van der Waals surface area contributed by atoms with Crippen LogP contribution in [-0.2, 0) is 13.5 Å². The van der Waals surface area contributed by atoms with Crippen molar-refractivity contribution in [2.24, 2.45) is 13.0 Å². The van der Waals surface area contributed by atoms with Crippen LogP contribution < -0.4 is 0 Å². The fourth-order valence-corrected chi connectivity index (χ4v) is 1.79. The summed E-state index contributed by atoms with van der Waals surface area (Å²) >= 11 is 0. The molecule has 1 aromatic heterocycles. The lowest BCUT2D eigenvalue weighted by Crippen LogP contribution is -2.06. The molecule has 1 heterocycles. The zero-order valence-electron chi connectivity index (χ0n) is 8.77. The number of nitrogens with zero attached hydrogens (tertiary/aromatic N) is 2. The highest BCUT2D eigenvalue weighted by Crippen LogP contribution is 2.17. The molecule has 1 atom stereocenters. The van der Waals surface area contributed by atoms with Crippen LogP contribution in [0.4, 0.5) is 0 Å². The van der Waals surface area contributed by atoms with Crippen molar-refractivity contribution in [3.05, 3.63) is 42.0 Å². The Labute approximate surface area is 85.0 Å². The molecule has 0 N–H and O–H groups in total. The van der Waals surface area contributed by atoms with Crippen LogP contribution in [0.2, 0.25) is 0 Å². The Balaban J connectivity index is 2.07. The van der Waals surface area contributed by atoms with Gasteiger partial charge in [0.1, 0.15) is 5.82 Å². The summed E-state index contributed by atoms with van der Waals surface area (Å²) in [5.41, 5.74) is 1.33. The highest BCUT2D eigenvalue weighted by molar-refractivity contribution is 5.14. The second-order valence-corrected chi connectivity index (χ2v) is 3.87. The number of rotatable bonds is 2. The van der Waals surface area contributed by atoms with Crippen LogP contribution in [0.15, 0.2) is 30.5 Å². The van der Waals surface area contributed by atoms with Crippen LogP contribution in [-0.4, -0.2) is 9.55 Å². The van der Waals surface area contributed by atoms with E-state index in [1.807, 2.05) is 13.1 Å². The summed E-state index contributed by atoms with van der Waals surface area (Å²) in [6.45, 7) is 2.04. The maximum Gasteiger partial charge on any atom is 0.105 e. The van der Waals surface area contributed by atoms with Crippen LogP contribution in [0.3, 0.4) is 0 Å². The van der Waals surface area contributed by atoms with Crippen LogP contribution in [0.1, 0.15) is 17.9 Å². The predicted molar refractivity (Wildman–Crippen MR) is 58.0 cm³/mol. The minimum atomic E-state index is 0.648. The third kappa shape index (κ3) is 1.79. The quantitative estimate of drug-likeness (QED) is 0.697. The number of hydrogen-bond acceptors (Lipinski definition) is 1. The second-order valence-electron chi connectivity index (χ2n) is 3.87. The van der Waals surface area contributed by atoms with Crippen LogP contribution >= 0.6 is 0 Å². The van der Waals surface area contributed by atoms with Gasteiger partial charge in [0.2, 0.25) is 0 Å². The minimum Gasteiger partial charge on any atom is -0.335 e. The van der Waals surface area contributed by atoms with E-state index >= 15 is 0 Å². The fraction of sp³-hybridized carbons (Fsp3) is 0.417. The molecular weight excluding hydrogens is 172 g/mol. The third-order valence-corrected chi connectivity index (χ3v) is 2.86. The van der Waals surface area contributed by atoms with Crippen molar-refractivity contribution in [3.8, 4) is 0 Å². The number of aromatic nitrogens is 2. The van der Waals surface area contributed by atoms with E-state index in [4.69, 9.17) is 0 Å². The van der Waals surface area contributed by atoms with E-state index in [1.165, 1.54) is 5.69 Å². The van der Waals surface area contributed by atoms with Gasteiger partial charge in [-0.1, -0.05) is 24.3 Å². The van der Waals surface area contributed by atoms with E-state index in [0.717, 1.165) is 18.7 Å². The normalized spacial score (nSPS) is 20.3. The van der Waals surface area contributed by atoms with Crippen molar-refractivity contribution >= 4 is 0 Å². The Morgan fingerprint density at radius 3 is 2.93 bits per heavy atom. The van der Waals surface area contributed by atoms with Gasteiger partial charge in [0.15, 0.2) is 0 Å². The predicted octanol–water partition coefficient (Wildman–Crippen LogP) is 2.40. The van der Waals surface area contributed by atoms with Gasteiger partial charge < -0.3 is 4.57 Å². The highest BCUT2D eigenvalue weighted by Gasteiger charge is 2.09. The standard InChI is InChI=1S/C12H16N2/c1-10-13-9-12(14(10)2)8-11-6-4-3-5-7-11/h3-6,9,11H,7-8H2,1-2H3.